The van der Waals surface area contributed by atoms with Gasteiger partial charge in [-0.1, -0.05) is 23.9 Å². The molecule has 2 aromatic rings. The van der Waals surface area contributed by atoms with Crippen LogP contribution in [0.15, 0.2) is 46.5 Å². The van der Waals surface area contributed by atoms with Gasteiger partial charge in [-0.25, -0.2) is 4.98 Å². The van der Waals surface area contributed by atoms with Crippen LogP contribution in [0.1, 0.15) is 12.0 Å². The lowest BCUT2D eigenvalue weighted by Gasteiger charge is -2.02. The van der Waals surface area contributed by atoms with Crippen LogP contribution in [-0.4, -0.2) is 15.7 Å². The fraction of sp³-hybridized carbons (Fsp3) is 0.231. The highest BCUT2D eigenvalue weighted by Gasteiger charge is 1.97. The third-order valence-corrected chi connectivity index (χ3v) is 3.45. The van der Waals surface area contributed by atoms with E-state index >= 15 is 0 Å². The Hall–Kier alpha value is -1.75. The third-order valence-electron chi connectivity index (χ3n) is 2.48. The number of nitrogens with two attached hydrogens (primary N) is 1. The van der Waals surface area contributed by atoms with Crippen molar-refractivity contribution in [2.45, 2.75) is 18.0 Å². The number of aromatic nitrogens is 2. The first-order valence-corrected chi connectivity index (χ1v) is 6.75. The Morgan fingerprint density at radius 1 is 1.22 bits per heavy atom. The number of rotatable bonds is 5. The van der Waals surface area contributed by atoms with E-state index < -0.39 is 0 Å². The van der Waals surface area contributed by atoms with Crippen molar-refractivity contribution in [2.75, 3.05) is 11.5 Å². The Morgan fingerprint density at radius 2 is 2.00 bits per heavy atom. The number of aromatic amines is 1. The SMILES string of the molecule is Nc1ccc(CCCSc2nccc(=O)[nH]2)cc1. The van der Waals surface area contributed by atoms with Crippen molar-refractivity contribution in [3.63, 3.8) is 0 Å². The maximum absolute atomic E-state index is 11.1. The average Bonchev–Trinajstić information content (AvgIpc) is 2.37. The van der Waals surface area contributed by atoms with E-state index in [1.54, 1.807) is 11.8 Å². The Labute approximate surface area is 110 Å². The number of H-pyrrole nitrogens is 1. The topological polar surface area (TPSA) is 71.8 Å². The Morgan fingerprint density at radius 3 is 2.72 bits per heavy atom. The molecule has 2 rings (SSSR count). The van der Waals surface area contributed by atoms with Crippen molar-refractivity contribution in [2.24, 2.45) is 0 Å². The molecule has 0 aliphatic heterocycles. The van der Waals surface area contributed by atoms with E-state index in [4.69, 9.17) is 5.73 Å². The molecule has 94 valence electrons. The number of nitrogens with one attached hydrogen (secondary N) is 1. The molecule has 4 nitrogen and oxygen atoms in total. The van der Waals surface area contributed by atoms with Crippen molar-refractivity contribution in [1.82, 2.24) is 9.97 Å². The molecule has 0 amide bonds. The molecule has 18 heavy (non-hydrogen) atoms. The monoisotopic (exact) mass is 261 g/mol. The predicted molar refractivity (Wildman–Crippen MR) is 74.8 cm³/mol. The van der Waals surface area contributed by atoms with E-state index in [-0.39, 0.29) is 5.56 Å². The Bertz CT molecular complexity index is 551. The van der Waals surface area contributed by atoms with Gasteiger partial charge in [-0.15, -0.1) is 0 Å². The Kier molecular flexibility index (Phi) is 4.41. The van der Waals surface area contributed by atoms with E-state index in [1.165, 1.54) is 17.8 Å². The molecular formula is C13H15N3OS. The number of nitrogen functional groups attached to an aromatic ring is 1. The fourth-order valence-corrected chi connectivity index (χ4v) is 2.34. The summed E-state index contributed by atoms with van der Waals surface area (Å²) in [5.41, 5.74) is 7.59. The third kappa shape index (κ3) is 3.92. The lowest BCUT2D eigenvalue weighted by Crippen LogP contribution is -2.05. The van der Waals surface area contributed by atoms with Gasteiger partial charge in [-0.3, -0.25) is 4.79 Å². The second-order valence-corrected chi connectivity index (χ2v) is 5.02. The zero-order valence-electron chi connectivity index (χ0n) is 9.93. The number of nitrogens with zero attached hydrogens (tertiary/aromatic N) is 1. The van der Waals surface area contributed by atoms with Crippen LogP contribution >= 0.6 is 11.8 Å². The van der Waals surface area contributed by atoms with Gasteiger partial charge >= 0.3 is 0 Å². The quantitative estimate of drug-likeness (QED) is 0.374. The second-order valence-electron chi connectivity index (χ2n) is 3.93. The first-order valence-electron chi connectivity index (χ1n) is 5.76. The van der Waals surface area contributed by atoms with Crippen molar-refractivity contribution in [3.05, 3.63) is 52.4 Å². The number of benzene rings is 1. The minimum atomic E-state index is -0.106. The van der Waals surface area contributed by atoms with E-state index in [0.29, 0.717) is 5.16 Å². The Balaban J connectivity index is 1.76. The summed E-state index contributed by atoms with van der Waals surface area (Å²) in [6.07, 6.45) is 3.57. The van der Waals surface area contributed by atoms with Gasteiger partial charge in [-0.2, -0.15) is 0 Å². The van der Waals surface area contributed by atoms with Crippen LogP contribution in [0.5, 0.6) is 0 Å². The summed E-state index contributed by atoms with van der Waals surface area (Å²) in [6, 6.07) is 9.33. The van der Waals surface area contributed by atoms with E-state index in [1.807, 2.05) is 24.3 Å². The van der Waals surface area contributed by atoms with E-state index in [2.05, 4.69) is 9.97 Å². The van der Waals surface area contributed by atoms with Crippen LogP contribution in [0.25, 0.3) is 0 Å². The summed E-state index contributed by atoms with van der Waals surface area (Å²) in [6.45, 7) is 0. The van der Waals surface area contributed by atoms with E-state index in [9.17, 15) is 4.79 Å². The number of anilines is 1. The summed E-state index contributed by atoms with van der Waals surface area (Å²) in [5.74, 6) is 0.928. The maximum Gasteiger partial charge on any atom is 0.251 e. The van der Waals surface area contributed by atoms with Crippen LogP contribution in [0, 0.1) is 0 Å². The van der Waals surface area contributed by atoms with Gasteiger partial charge in [0.2, 0.25) is 0 Å². The number of thioether (sulfide) groups is 1. The van der Waals surface area contributed by atoms with Gasteiger partial charge in [0.1, 0.15) is 0 Å². The van der Waals surface area contributed by atoms with Crippen LogP contribution in [0.4, 0.5) is 5.69 Å². The minimum absolute atomic E-state index is 0.106. The molecule has 1 aromatic heterocycles. The predicted octanol–water partition coefficient (Wildman–Crippen LogP) is 2.08. The van der Waals surface area contributed by atoms with Crippen LogP contribution in [-0.2, 0) is 6.42 Å². The molecule has 1 heterocycles. The molecule has 0 saturated heterocycles. The molecule has 0 bridgehead atoms. The van der Waals surface area contributed by atoms with Crippen molar-refractivity contribution >= 4 is 17.4 Å². The highest BCUT2D eigenvalue weighted by atomic mass is 32.2. The van der Waals surface area contributed by atoms with Gasteiger partial charge in [0, 0.05) is 23.7 Å². The summed E-state index contributed by atoms with van der Waals surface area (Å²) >= 11 is 1.57. The molecule has 0 aliphatic carbocycles. The largest absolute Gasteiger partial charge is 0.399 e. The number of hydrogen-bond donors (Lipinski definition) is 2. The minimum Gasteiger partial charge on any atom is -0.399 e. The summed E-state index contributed by atoms with van der Waals surface area (Å²) < 4.78 is 0. The average molecular weight is 261 g/mol. The van der Waals surface area contributed by atoms with Crippen molar-refractivity contribution < 1.29 is 0 Å². The molecule has 0 atom stereocenters. The lowest BCUT2D eigenvalue weighted by molar-refractivity contribution is 0.908. The van der Waals surface area contributed by atoms with Crippen LogP contribution in [0.3, 0.4) is 0 Å². The van der Waals surface area contributed by atoms with Crippen molar-refractivity contribution in [3.8, 4) is 0 Å². The molecule has 0 unspecified atom stereocenters. The van der Waals surface area contributed by atoms with Crippen LogP contribution in [0.2, 0.25) is 0 Å². The highest BCUT2D eigenvalue weighted by molar-refractivity contribution is 7.99. The van der Waals surface area contributed by atoms with E-state index in [0.717, 1.165) is 24.3 Å². The summed E-state index contributed by atoms with van der Waals surface area (Å²) in [7, 11) is 0. The number of aryl methyl sites for hydroxylation is 1. The van der Waals surface area contributed by atoms with Gasteiger partial charge in [0.05, 0.1) is 0 Å². The normalized spacial score (nSPS) is 10.4. The van der Waals surface area contributed by atoms with Gasteiger partial charge in [0.15, 0.2) is 5.16 Å². The molecule has 0 spiro atoms. The molecular weight excluding hydrogens is 246 g/mol. The van der Waals surface area contributed by atoms with Gasteiger partial charge in [-0.05, 0) is 30.5 Å². The number of hydrogen-bond acceptors (Lipinski definition) is 4. The fourth-order valence-electron chi connectivity index (χ4n) is 1.55. The van der Waals surface area contributed by atoms with Crippen molar-refractivity contribution in [1.29, 1.82) is 0 Å². The van der Waals surface area contributed by atoms with Gasteiger partial charge < -0.3 is 10.7 Å². The molecule has 3 N–H and O–H groups in total. The maximum atomic E-state index is 11.1. The molecule has 0 radical (unpaired) electrons. The zero-order chi connectivity index (χ0) is 12.8. The smallest absolute Gasteiger partial charge is 0.251 e. The van der Waals surface area contributed by atoms with Crippen LogP contribution < -0.4 is 11.3 Å². The highest BCUT2D eigenvalue weighted by Crippen LogP contribution is 2.14. The molecule has 0 saturated carbocycles. The summed E-state index contributed by atoms with van der Waals surface area (Å²) in [4.78, 5) is 17.8. The zero-order valence-corrected chi connectivity index (χ0v) is 10.7. The summed E-state index contributed by atoms with van der Waals surface area (Å²) in [5, 5.41) is 0.680. The first-order chi connectivity index (χ1) is 8.74. The van der Waals surface area contributed by atoms with Gasteiger partial charge in [0.25, 0.3) is 5.56 Å². The molecule has 1 aromatic carbocycles. The molecule has 0 aliphatic rings. The lowest BCUT2D eigenvalue weighted by atomic mass is 10.1. The second kappa shape index (κ2) is 6.26. The first kappa shape index (κ1) is 12.7. The molecule has 5 heteroatoms. The standard InChI is InChI=1S/C13H15N3OS/c14-11-5-3-10(4-6-11)2-1-9-18-13-15-8-7-12(17)16-13/h3-8H,1-2,9,14H2,(H,15,16,17). The molecule has 0 fully saturated rings.